The van der Waals surface area contributed by atoms with Crippen molar-refractivity contribution in [1.29, 1.82) is 0 Å². The van der Waals surface area contributed by atoms with Crippen LogP contribution in [0.15, 0.2) is 16.6 Å². The van der Waals surface area contributed by atoms with Crippen LogP contribution in [0.2, 0.25) is 0 Å². The van der Waals surface area contributed by atoms with E-state index in [1.165, 1.54) is 0 Å². The van der Waals surface area contributed by atoms with Gasteiger partial charge in [0.1, 0.15) is 18.0 Å². The molecule has 0 spiro atoms. The summed E-state index contributed by atoms with van der Waals surface area (Å²) >= 11 is 3.43. The van der Waals surface area contributed by atoms with Crippen molar-refractivity contribution < 1.29 is 9.53 Å². The molecule has 1 amide bonds. The molecule has 0 unspecified atom stereocenters. The lowest BCUT2D eigenvalue weighted by molar-refractivity contribution is 0.103. The molecule has 2 aromatic rings. The number of hydrogen-bond acceptors (Lipinski definition) is 5. The molecule has 0 N–H and O–H groups in total. The highest BCUT2D eigenvalue weighted by atomic mass is 79.9. The summed E-state index contributed by atoms with van der Waals surface area (Å²) in [5, 5.41) is 8.16. The fraction of sp³-hybridized carbons (Fsp3) is 0.467. The largest absolute Gasteiger partial charge is 0.443 e. The fourth-order valence-electron chi connectivity index (χ4n) is 2.08. The van der Waals surface area contributed by atoms with Crippen LogP contribution in [0, 0.1) is 6.92 Å². The van der Waals surface area contributed by atoms with Gasteiger partial charge >= 0.3 is 6.09 Å². The number of halogens is 1. The molecule has 0 aliphatic heterocycles. The number of rotatable bonds is 5. The number of pyridine rings is 1. The number of carbonyl (C=O) groups is 1. The number of amides is 1. The zero-order valence-electron chi connectivity index (χ0n) is 13.7. The topological polar surface area (TPSA) is 73.1 Å². The van der Waals surface area contributed by atoms with Crippen molar-refractivity contribution >= 4 is 22.0 Å². The number of nitrogens with zero attached hydrogens (tertiary/aromatic N) is 5. The van der Waals surface area contributed by atoms with E-state index in [1.54, 1.807) is 23.7 Å². The Labute approximate surface area is 143 Å². The molecule has 2 aromatic heterocycles. The Morgan fingerprint density at radius 1 is 1.43 bits per heavy atom. The van der Waals surface area contributed by atoms with E-state index in [2.05, 4.69) is 31.2 Å². The molecule has 2 rings (SSSR count). The zero-order chi connectivity index (χ0) is 17.0. The second-order valence-electron chi connectivity index (χ2n) is 5.25. The Hall–Kier alpha value is -1.96. The Kier molecular flexibility index (Phi) is 5.70. The minimum absolute atomic E-state index is 0.0997. The van der Waals surface area contributed by atoms with Crippen LogP contribution in [0.5, 0.6) is 0 Å². The van der Waals surface area contributed by atoms with E-state index in [4.69, 9.17) is 4.74 Å². The lowest BCUT2D eigenvalue weighted by Gasteiger charge is -2.16. The molecule has 7 nitrogen and oxygen atoms in total. The molecule has 0 aliphatic rings. The Morgan fingerprint density at radius 2 is 2.17 bits per heavy atom. The van der Waals surface area contributed by atoms with Crippen LogP contribution in [0.4, 0.5) is 4.79 Å². The predicted molar refractivity (Wildman–Crippen MR) is 89.8 cm³/mol. The van der Waals surface area contributed by atoms with Gasteiger partial charge in [-0.25, -0.2) is 9.48 Å². The second kappa shape index (κ2) is 7.54. The van der Waals surface area contributed by atoms with Gasteiger partial charge in [-0.05, 0) is 41.4 Å². The molecule has 0 saturated heterocycles. The first-order valence-corrected chi connectivity index (χ1v) is 8.13. The van der Waals surface area contributed by atoms with E-state index in [1.807, 2.05) is 26.0 Å². The van der Waals surface area contributed by atoms with Gasteiger partial charge in [0, 0.05) is 25.1 Å². The van der Waals surface area contributed by atoms with E-state index in [9.17, 15) is 4.79 Å². The summed E-state index contributed by atoms with van der Waals surface area (Å²) in [5.41, 5.74) is 2.89. The summed E-state index contributed by atoms with van der Waals surface area (Å²) < 4.78 is 7.88. The van der Waals surface area contributed by atoms with Crippen LogP contribution in [-0.2, 0) is 18.4 Å². The van der Waals surface area contributed by atoms with Crippen LogP contribution < -0.4 is 0 Å². The molecule has 2 heterocycles. The highest BCUT2D eigenvalue weighted by Crippen LogP contribution is 2.23. The summed E-state index contributed by atoms with van der Waals surface area (Å²) in [7, 11) is 3.48. The maximum absolute atomic E-state index is 11.9. The molecular formula is C15H20BrN5O2. The maximum atomic E-state index is 11.9. The van der Waals surface area contributed by atoms with Crippen molar-refractivity contribution in [3.8, 4) is 11.4 Å². The van der Waals surface area contributed by atoms with Gasteiger partial charge in [-0.15, -0.1) is 5.10 Å². The summed E-state index contributed by atoms with van der Waals surface area (Å²) in [6.45, 7) is 4.67. The number of aromatic nitrogens is 4. The number of carbonyl (C=O) groups excluding carboxylic acids is 1. The van der Waals surface area contributed by atoms with E-state index < -0.39 is 0 Å². The molecule has 0 fully saturated rings. The SMILES string of the molecule is CCCN(C)C(=O)OCc1c(-c2ccc(Br)c(C)n2)nnn1C. The lowest BCUT2D eigenvalue weighted by atomic mass is 10.2. The molecule has 23 heavy (non-hydrogen) atoms. The second-order valence-corrected chi connectivity index (χ2v) is 6.10. The van der Waals surface area contributed by atoms with Crippen molar-refractivity contribution in [2.24, 2.45) is 7.05 Å². The minimum Gasteiger partial charge on any atom is -0.443 e. The van der Waals surface area contributed by atoms with Crippen molar-refractivity contribution in [2.75, 3.05) is 13.6 Å². The highest BCUT2D eigenvalue weighted by molar-refractivity contribution is 9.10. The van der Waals surface area contributed by atoms with Gasteiger partial charge in [-0.3, -0.25) is 4.98 Å². The Balaban J connectivity index is 2.18. The van der Waals surface area contributed by atoms with Crippen molar-refractivity contribution in [1.82, 2.24) is 24.9 Å². The van der Waals surface area contributed by atoms with E-state index in [0.717, 1.165) is 16.6 Å². The smallest absolute Gasteiger partial charge is 0.409 e. The molecule has 124 valence electrons. The first kappa shape index (κ1) is 17.4. The third kappa shape index (κ3) is 4.07. The lowest BCUT2D eigenvalue weighted by Crippen LogP contribution is -2.28. The predicted octanol–water partition coefficient (Wildman–Crippen LogP) is 2.93. The quantitative estimate of drug-likeness (QED) is 0.795. The third-order valence-electron chi connectivity index (χ3n) is 3.41. The van der Waals surface area contributed by atoms with Crippen LogP contribution in [0.25, 0.3) is 11.4 Å². The maximum Gasteiger partial charge on any atom is 0.409 e. The van der Waals surface area contributed by atoms with Gasteiger partial charge < -0.3 is 9.64 Å². The molecule has 0 bridgehead atoms. The molecule has 8 heteroatoms. The molecule has 0 radical (unpaired) electrons. The highest BCUT2D eigenvalue weighted by Gasteiger charge is 2.17. The van der Waals surface area contributed by atoms with E-state index in [0.29, 0.717) is 23.6 Å². The normalized spacial score (nSPS) is 10.7. The van der Waals surface area contributed by atoms with Crippen molar-refractivity contribution in [3.63, 3.8) is 0 Å². The van der Waals surface area contributed by atoms with Crippen LogP contribution in [0.3, 0.4) is 0 Å². The molecule has 0 aromatic carbocycles. The first-order valence-electron chi connectivity index (χ1n) is 7.34. The minimum atomic E-state index is -0.362. The number of ether oxygens (including phenoxy) is 1. The Morgan fingerprint density at radius 3 is 2.83 bits per heavy atom. The standard InChI is InChI=1S/C15H20BrN5O2/c1-5-8-20(3)15(22)23-9-13-14(18-19-21(13)4)12-7-6-11(16)10(2)17-12/h6-7H,5,8-9H2,1-4H3. The average Bonchev–Trinajstić information content (AvgIpc) is 2.89. The fourth-order valence-corrected chi connectivity index (χ4v) is 2.30. The van der Waals surface area contributed by atoms with E-state index in [-0.39, 0.29) is 12.7 Å². The summed E-state index contributed by atoms with van der Waals surface area (Å²) in [4.78, 5) is 18.0. The number of aryl methyl sites for hydroxylation is 2. The molecular weight excluding hydrogens is 362 g/mol. The summed E-state index contributed by atoms with van der Waals surface area (Å²) in [6, 6.07) is 3.77. The van der Waals surface area contributed by atoms with Crippen LogP contribution in [-0.4, -0.2) is 44.6 Å². The average molecular weight is 382 g/mol. The Bertz CT molecular complexity index is 701. The third-order valence-corrected chi connectivity index (χ3v) is 4.25. The van der Waals surface area contributed by atoms with Gasteiger partial charge in [-0.1, -0.05) is 12.1 Å². The summed E-state index contributed by atoms with van der Waals surface area (Å²) in [6.07, 6.45) is 0.519. The van der Waals surface area contributed by atoms with Crippen LogP contribution >= 0.6 is 15.9 Å². The summed E-state index contributed by atoms with van der Waals surface area (Å²) in [5.74, 6) is 0. The van der Waals surface area contributed by atoms with E-state index >= 15 is 0 Å². The monoisotopic (exact) mass is 381 g/mol. The molecule has 0 atom stereocenters. The molecule has 0 saturated carbocycles. The molecule has 0 aliphatic carbocycles. The van der Waals surface area contributed by atoms with Crippen LogP contribution in [0.1, 0.15) is 24.7 Å². The van der Waals surface area contributed by atoms with Gasteiger partial charge in [0.05, 0.1) is 11.4 Å². The van der Waals surface area contributed by atoms with Gasteiger partial charge in [0.25, 0.3) is 0 Å². The van der Waals surface area contributed by atoms with Crippen molar-refractivity contribution in [3.05, 3.63) is 28.0 Å². The van der Waals surface area contributed by atoms with Crippen molar-refractivity contribution in [2.45, 2.75) is 26.9 Å². The zero-order valence-corrected chi connectivity index (χ0v) is 15.3. The number of hydrogen-bond donors (Lipinski definition) is 0. The van der Waals surface area contributed by atoms with Gasteiger partial charge in [-0.2, -0.15) is 0 Å². The van der Waals surface area contributed by atoms with Gasteiger partial charge in [0.2, 0.25) is 0 Å². The van der Waals surface area contributed by atoms with Gasteiger partial charge in [0.15, 0.2) is 0 Å². The first-order chi connectivity index (χ1) is 10.9.